The summed E-state index contributed by atoms with van der Waals surface area (Å²) in [5, 5.41) is 9.53. The number of carbonyl (C=O) groups excluding carboxylic acids is 5. The first kappa shape index (κ1) is 21.8. The van der Waals surface area contributed by atoms with E-state index in [1.54, 1.807) is 44.2 Å². The van der Waals surface area contributed by atoms with Gasteiger partial charge in [-0.05, 0) is 32.9 Å². The lowest BCUT2D eigenvalue weighted by atomic mass is 10.2. The topological polar surface area (TPSA) is 133 Å². The Bertz CT molecular complexity index is 703. The molecular formula is C18H24N4O5. The summed E-state index contributed by atoms with van der Waals surface area (Å²) in [7, 11) is 0. The van der Waals surface area contributed by atoms with Crippen LogP contribution in [0.5, 0.6) is 0 Å². The Balaban J connectivity index is 2.35. The second-order valence-corrected chi connectivity index (χ2v) is 6.11. The summed E-state index contributed by atoms with van der Waals surface area (Å²) in [6, 6.07) is 7.24. The average molecular weight is 376 g/mol. The maximum Gasteiger partial charge on any atom is 0.289 e. The van der Waals surface area contributed by atoms with Gasteiger partial charge in [-0.1, -0.05) is 18.2 Å². The van der Waals surface area contributed by atoms with Gasteiger partial charge in [-0.3, -0.25) is 24.0 Å². The van der Waals surface area contributed by atoms with Crippen LogP contribution in [0.1, 0.15) is 31.1 Å². The molecule has 1 rings (SSSR count). The highest BCUT2D eigenvalue weighted by molar-refractivity contribution is 6.37. The Morgan fingerprint density at radius 2 is 1.48 bits per heavy atom. The first-order valence-corrected chi connectivity index (χ1v) is 8.44. The highest BCUT2D eigenvalue weighted by Crippen LogP contribution is 1.97. The van der Waals surface area contributed by atoms with Crippen LogP contribution in [-0.2, 0) is 19.2 Å². The standard InChI is InChI=1S/C18H24N4O5/c1-11(2)21-18(27)14(23)9-19-16(25)12(3)22-15(24)10-20-17(26)13-7-5-4-6-8-13/h4-8,11-12H,9-10H2,1-3H3,(H,19,25)(H,20,26)(H,21,27)(H,22,24). The SMILES string of the molecule is CC(C)NC(=O)C(=O)CNC(=O)C(C)NC(=O)CNC(=O)c1ccccc1. The van der Waals surface area contributed by atoms with Crippen molar-refractivity contribution in [1.29, 1.82) is 0 Å². The lowest BCUT2D eigenvalue weighted by molar-refractivity contribution is -0.138. The number of rotatable bonds is 9. The van der Waals surface area contributed by atoms with E-state index in [-0.39, 0.29) is 12.6 Å². The molecule has 0 fully saturated rings. The van der Waals surface area contributed by atoms with Gasteiger partial charge in [-0.25, -0.2) is 0 Å². The van der Waals surface area contributed by atoms with E-state index in [2.05, 4.69) is 21.3 Å². The van der Waals surface area contributed by atoms with Crippen LogP contribution in [0.3, 0.4) is 0 Å². The van der Waals surface area contributed by atoms with Gasteiger partial charge < -0.3 is 21.3 Å². The third-order valence-corrected chi connectivity index (χ3v) is 3.31. The molecule has 0 aliphatic carbocycles. The smallest absolute Gasteiger partial charge is 0.289 e. The summed E-state index contributed by atoms with van der Waals surface area (Å²) in [4.78, 5) is 58.6. The zero-order chi connectivity index (χ0) is 20.4. The van der Waals surface area contributed by atoms with E-state index in [1.807, 2.05) is 0 Å². The summed E-state index contributed by atoms with van der Waals surface area (Å²) in [6.45, 7) is 4.06. The van der Waals surface area contributed by atoms with Crippen LogP contribution in [-0.4, -0.2) is 54.6 Å². The van der Waals surface area contributed by atoms with E-state index in [0.717, 1.165) is 0 Å². The van der Waals surface area contributed by atoms with Crippen LogP contribution < -0.4 is 21.3 Å². The number of ketones is 1. The fourth-order valence-corrected chi connectivity index (χ4v) is 1.95. The van der Waals surface area contributed by atoms with Gasteiger partial charge >= 0.3 is 0 Å². The Labute approximate surface area is 157 Å². The van der Waals surface area contributed by atoms with E-state index in [4.69, 9.17) is 0 Å². The van der Waals surface area contributed by atoms with E-state index >= 15 is 0 Å². The Morgan fingerprint density at radius 3 is 2.07 bits per heavy atom. The number of hydrogen-bond donors (Lipinski definition) is 4. The fourth-order valence-electron chi connectivity index (χ4n) is 1.95. The molecule has 146 valence electrons. The van der Waals surface area contributed by atoms with Crippen LogP contribution in [0.4, 0.5) is 0 Å². The van der Waals surface area contributed by atoms with Crippen LogP contribution in [0.25, 0.3) is 0 Å². The highest BCUT2D eigenvalue weighted by atomic mass is 16.2. The minimum Gasteiger partial charge on any atom is -0.347 e. The van der Waals surface area contributed by atoms with Crippen molar-refractivity contribution < 1.29 is 24.0 Å². The van der Waals surface area contributed by atoms with Gasteiger partial charge in [0.15, 0.2) is 0 Å². The van der Waals surface area contributed by atoms with Gasteiger partial charge in [0.05, 0.1) is 13.1 Å². The molecule has 0 saturated carbocycles. The quantitative estimate of drug-likeness (QED) is 0.416. The molecule has 4 N–H and O–H groups in total. The molecule has 1 aromatic carbocycles. The minimum atomic E-state index is -0.938. The van der Waals surface area contributed by atoms with Gasteiger partial charge in [0, 0.05) is 11.6 Å². The lowest BCUT2D eigenvalue weighted by Crippen LogP contribution is -2.50. The molecule has 0 saturated heterocycles. The van der Waals surface area contributed by atoms with E-state index < -0.39 is 42.0 Å². The maximum absolute atomic E-state index is 11.9. The van der Waals surface area contributed by atoms with Crippen molar-refractivity contribution in [2.24, 2.45) is 0 Å². The Kier molecular flexibility index (Phi) is 8.64. The normalized spacial score (nSPS) is 11.3. The molecule has 0 aliphatic rings. The molecule has 27 heavy (non-hydrogen) atoms. The Morgan fingerprint density at radius 1 is 0.852 bits per heavy atom. The molecule has 1 aromatic rings. The molecule has 9 nitrogen and oxygen atoms in total. The predicted octanol–water partition coefficient (Wildman–Crippen LogP) is -0.869. The zero-order valence-electron chi connectivity index (χ0n) is 15.5. The largest absolute Gasteiger partial charge is 0.347 e. The van der Waals surface area contributed by atoms with Crippen LogP contribution in [0.2, 0.25) is 0 Å². The van der Waals surface area contributed by atoms with Gasteiger partial charge in [0.2, 0.25) is 17.6 Å². The van der Waals surface area contributed by atoms with Gasteiger partial charge in [0.1, 0.15) is 6.04 Å². The van der Waals surface area contributed by atoms with Crippen molar-refractivity contribution in [2.45, 2.75) is 32.9 Å². The molecule has 1 atom stereocenters. The molecule has 0 aliphatic heterocycles. The van der Waals surface area contributed by atoms with Gasteiger partial charge in [0.25, 0.3) is 11.8 Å². The first-order chi connectivity index (χ1) is 12.7. The van der Waals surface area contributed by atoms with Crippen molar-refractivity contribution in [2.75, 3.05) is 13.1 Å². The van der Waals surface area contributed by atoms with E-state index in [0.29, 0.717) is 5.56 Å². The molecule has 1 unspecified atom stereocenters. The zero-order valence-corrected chi connectivity index (χ0v) is 15.5. The van der Waals surface area contributed by atoms with Crippen molar-refractivity contribution in [3.05, 3.63) is 35.9 Å². The number of hydrogen-bond acceptors (Lipinski definition) is 5. The van der Waals surface area contributed by atoms with Crippen LogP contribution >= 0.6 is 0 Å². The summed E-state index contributed by atoms with van der Waals surface area (Å²) in [5.74, 6) is -3.17. The number of nitrogens with one attached hydrogen (secondary N) is 4. The second-order valence-electron chi connectivity index (χ2n) is 6.11. The van der Waals surface area contributed by atoms with Crippen molar-refractivity contribution in [3.63, 3.8) is 0 Å². The third-order valence-electron chi connectivity index (χ3n) is 3.31. The molecule has 0 radical (unpaired) electrons. The summed E-state index contributed by atoms with van der Waals surface area (Å²) in [6.07, 6.45) is 0. The van der Waals surface area contributed by atoms with E-state index in [1.165, 1.54) is 6.92 Å². The van der Waals surface area contributed by atoms with Gasteiger partial charge in [-0.15, -0.1) is 0 Å². The molecule has 0 spiro atoms. The van der Waals surface area contributed by atoms with Crippen molar-refractivity contribution >= 4 is 29.4 Å². The average Bonchev–Trinajstić information content (AvgIpc) is 2.63. The summed E-state index contributed by atoms with van der Waals surface area (Å²) < 4.78 is 0. The lowest BCUT2D eigenvalue weighted by Gasteiger charge is -2.14. The van der Waals surface area contributed by atoms with Crippen molar-refractivity contribution in [1.82, 2.24) is 21.3 Å². The predicted molar refractivity (Wildman–Crippen MR) is 97.7 cm³/mol. The fraction of sp³-hybridized carbons (Fsp3) is 0.389. The molecule has 0 heterocycles. The Hall–Kier alpha value is -3.23. The monoisotopic (exact) mass is 376 g/mol. The maximum atomic E-state index is 11.9. The second kappa shape index (κ2) is 10.7. The molecule has 9 heteroatoms. The first-order valence-electron chi connectivity index (χ1n) is 8.44. The molecule has 4 amide bonds. The summed E-state index contributed by atoms with van der Waals surface area (Å²) in [5.41, 5.74) is 0.411. The third kappa shape index (κ3) is 8.13. The van der Waals surface area contributed by atoms with E-state index in [9.17, 15) is 24.0 Å². The summed E-state index contributed by atoms with van der Waals surface area (Å²) >= 11 is 0. The molecule has 0 bridgehead atoms. The number of Topliss-reactive ketones (excluding diaryl/α,β-unsaturated/α-hetero) is 1. The minimum absolute atomic E-state index is 0.193. The number of amides is 4. The van der Waals surface area contributed by atoms with Crippen LogP contribution in [0, 0.1) is 0 Å². The van der Waals surface area contributed by atoms with Gasteiger partial charge in [-0.2, -0.15) is 0 Å². The highest BCUT2D eigenvalue weighted by Gasteiger charge is 2.19. The number of benzene rings is 1. The molecular weight excluding hydrogens is 352 g/mol. The number of carbonyl (C=O) groups is 5. The molecule has 0 aromatic heterocycles. The van der Waals surface area contributed by atoms with Crippen LogP contribution in [0.15, 0.2) is 30.3 Å². The van der Waals surface area contributed by atoms with Crippen molar-refractivity contribution in [3.8, 4) is 0 Å².